The van der Waals surface area contributed by atoms with E-state index in [2.05, 4.69) is 102 Å². The summed E-state index contributed by atoms with van der Waals surface area (Å²) in [7, 11) is -1.62. The fourth-order valence-corrected chi connectivity index (χ4v) is 9.37. The van der Waals surface area contributed by atoms with Crippen LogP contribution >= 0.6 is 0 Å². The minimum atomic E-state index is -1.62. The van der Waals surface area contributed by atoms with Gasteiger partial charge in [0.1, 0.15) is 8.07 Å². The summed E-state index contributed by atoms with van der Waals surface area (Å²) in [6, 6.07) is 10.8. The van der Waals surface area contributed by atoms with Gasteiger partial charge < -0.3 is 0 Å². The normalized spacial score (nSPS) is 13.6. The molecule has 0 aromatic heterocycles. The molecule has 0 heterocycles. The molecule has 1 atom stereocenters. The third kappa shape index (κ3) is 5.38. The van der Waals surface area contributed by atoms with Gasteiger partial charge in [0, 0.05) is 5.92 Å². The Labute approximate surface area is 151 Å². The van der Waals surface area contributed by atoms with Gasteiger partial charge in [-0.1, -0.05) is 84.0 Å². The fraction of sp³-hybridized carbons (Fsp3) is 0.565. The molecule has 0 aliphatic heterocycles. The number of aryl methyl sites for hydroxylation is 1. The molecule has 0 saturated heterocycles. The minimum absolute atomic E-state index is 0.373. The third-order valence-electron chi connectivity index (χ3n) is 5.35. The van der Waals surface area contributed by atoms with E-state index in [4.69, 9.17) is 0 Å². The van der Waals surface area contributed by atoms with E-state index in [9.17, 15) is 0 Å². The summed E-state index contributed by atoms with van der Waals surface area (Å²) >= 11 is 0. The van der Waals surface area contributed by atoms with Gasteiger partial charge in [0.15, 0.2) is 0 Å². The predicted octanol–water partition coefficient (Wildman–Crippen LogP) is 7.03. The molecule has 24 heavy (non-hydrogen) atoms. The molecular formula is C23H36Si. The molecule has 1 heteroatoms. The molecular weight excluding hydrogens is 304 g/mol. The lowest BCUT2D eigenvalue weighted by Gasteiger charge is -2.38. The Bertz CT molecular complexity index is 533. The summed E-state index contributed by atoms with van der Waals surface area (Å²) in [6.45, 7) is 16.4. The quantitative estimate of drug-likeness (QED) is 0.284. The van der Waals surface area contributed by atoms with E-state index in [1.807, 2.05) is 0 Å². The van der Waals surface area contributed by atoms with Crippen molar-refractivity contribution >= 4 is 8.07 Å². The molecule has 0 saturated carbocycles. The van der Waals surface area contributed by atoms with E-state index in [0.29, 0.717) is 22.5 Å². The van der Waals surface area contributed by atoms with Crippen LogP contribution in [0.2, 0.25) is 16.6 Å². The van der Waals surface area contributed by atoms with Gasteiger partial charge in [0.2, 0.25) is 0 Å². The first-order valence-electron chi connectivity index (χ1n) is 9.54. The second kappa shape index (κ2) is 9.89. The van der Waals surface area contributed by atoms with Crippen LogP contribution in [0.25, 0.3) is 0 Å². The van der Waals surface area contributed by atoms with Crippen LogP contribution in [-0.4, -0.2) is 8.07 Å². The Morgan fingerprint density at radius 1 is 0.917 bits per heavy atom. The van der Waals surface area contributed by atoms with Gasteiger partial charge in [0.25, 0.3) is 0 Å². The van der Waals surface area contributed by atoms with E-state index < -0.39 is 8.07 Å². The van der Waals surface area contributed by atoms with Crippen LogP contribution in [0.5, 0.6) is 0 Å². The summed E-state index contributed by atoms with van der Waals surface area (Å²) in [4.78, 5) is 0. The highest BCUT2D eigenvalue weighted by Gasteiger charge is 2.41. The zero-order chi connectivity index (χ0) is 18.2. The van der Waals surface area contributed by atoms with Gasteiger partial charge in [-0.15, -0.1) is 11.5 Å². The van der Waals surface area contributed by atoms with E-state index >= 15 is 0 Å². The van der Waals surface area contributed by atoms with Crippen LogP contribution in [0.1, 0.15) is 60.5 Å². The van der Waals surface area contributed by atoms with Gasteiger partial charge in [-0.05, 0) is 42.0 Å². The van der Waals surface area contributed by atoms with E-state index in [0.717, 1.165) is 12.8 Å². The smallest absolute Gasteiger partial charge is 0.130 e. The average Bonchev–Trinajstić information content (AvgIpc) is 2.53. The van der Waals surface area contributed by atoms with Crippen molar-refractivity contribution in [2.24, 2.45) is 5.92 Å². The molecule has 0 bridgehead atoms. The van der Waals surface area contributed by atoms with Crippen molar-refractivity contribution in [3.05, 3.63) is 48.0 Å². The summed E-state index contributed by atoms with van der Waals surface area (Å²) in [5.74, 6) is 4.07. The fourth-order valence-electron chi connectivity index (χ4n) is 4.07. The first-order chi connectivity index (χ1) is 11.3. The van der Waals surface area contributed by atoms with Crippen LogP contribution in [-0.2, 0) is 6.42 Å². The highest BCUT2D eigenvalue weighted by molar-refractivity contribution is 6.90. The number of hydrogen-bond donors (Lipinski definition) is 0. The molecule has 1 aromatic rings. The second-order valence-electron chi connectivity index (χ2n) is 7.82. The highest BCUT2D eigenvalue weighted by Crippen LogP contribution is 2.40. The number of benzene rings is 1. The van der Waals surface area contributed by atoms with Crippen molar-refractivity contribution in [3.8, 4) is 11.5 Å². The van der Waals surface area contributed by atoms with Gasteiger partial charge in [0.05, 0.1) is 0 Å². The predicted molar refractivity (Wildman–Crippen MR) is 112 cm³/mol. The lowest BCUT2D eigenvalue weighted by molar-refractivity contribution is 0.727. The molecule has 1 aromatic carbocycles. The van der Waals surface area contributed by atoms with Gasteiger partial charge >= 0.3 is 0 Å². The Hall–Kier alpha value is -1.26. The lowest BCUT2D eigenvalue weighted by atomic mass is 10.00. The van der Waals surface area contributed by atoms with Crippen molar-refractivity contribution in [1.82, 2.24) is 0 Å². The lowest BCUT2D eigenvalue weighted by Crippen LogP contribution is -2.43. The molecule has 1 unspecified atom stereocenters. The molecule has 0 amide bonds. The van der Waals surface area contributed by atoms with Crippen LogP contribution in [0.4, 0.5) is 0 Å². The van der Waals surface area contributed by atoms with E-state index in [-0.39, 0.29) is 0 Å². The molecule has 0 radical (unpaired) electrons. The summed E-state index contributed by atoms with van der Waals surface area (Å²) in [5, 5.41) is 0. The monoisotopic (exact) mass is 340 g/mol. The second-order valence-corrected chi connectivity index (χ2v) is 13.4. The number of allylic oxidation sites excluding steroid dienone is 2. The van der Waals surface area contributed by atoms with Crippen molar-refractivity contribution in [1.29, 1.82) is 0 Å². The average molecular weight is 341 g/mol. The molecule has 0 spiro atoms. The van der Waals surface area contributed by atoms with Crippen LogP contribution in [0.3, 0.4) is 0 Å². The maximum atomic E-state index is 3.89. The van der Waals surface area contributed by atoms with Gasteiger partial charge in [-0.25, -0.2) is 0 Å². The minimum Gasteiger partial charge on any atom is -0.130 e. The topological polar surface area (TPSA) is 0 Å². The van der Waals surface area contributed by atoms with Gasteiger partial charge in [-0.2, -0.15) is 0 Å². The number of rotatable bonds is 7. The molecule has 1 rings (SSSR count). The van der Waals surface area contributed by atoms with Crippen LogP contribution in [0.15, 0.2) is 42.5 Å². The molecule has 132 valence electrons. The maximum absolute atomic E-state index is 3.89. The Morgan fingerprint density at radius 2 is 1.46 bits per heavy atom. The number of hydrogen-bond acceptors (Lipinski definition) is 0. The summed E-state index contributed by atoms with van der Waals surface area (Å²) in [6.07, 6.45) is 6.66. The zero-order valence-corrected chi connectivity index (χ0v) is 17.8. The highest BCUT2D eigenvalue weighted by atomic mass is 28.3. The molecule has 0 aliphatic carbocycles. The Balaban J connectivity index is 2.99. The SMILES string of the molecule is C/C=C/C(C#C[Si](C(C)C)(C(C)C)C(C)C)CCc1ccccc1. The van der Waals surface area contributed by atoms with Gasteiger partial charge in [-0.3, -0.25) is 0 Å². The summed E-state index contributed by atoms with van der Waals surface area (Å²) in [5.41, 5.74) is 7.40. The van der Waals surface area contributed by atoms with E-state index in [1.165, 1.54) is 5.56 Å². The third-order valence-corrected chi connectivity index (χ3v) is 11.7. The van der Waals surface area contributed by atoms with Crippen molar-refractivity contribution in [3.63, 3.8) is 0 Å². The standard InChI is InChI=1S/C23H36Si/c1-8-12-22(15-16-23-13-10-9-11-14-23)17-18-24(19(2)3,20(4)5)21(6)7/h8-14,19-22H,15-16H2,1-7H3/b12-8+. The first-order valence-corrected chi connectivity index (χ1v) is 11.8. The molecule has 0 N–H and O–H groups in total. The van der Waals surface area contributed by atoms with Crippen LogP contribution < -0.4 is 0 Å². The first kappa shape index (κ1) is 20.8. The largest absolute Gasteiger partial charge is 0.145 e. The maximum Gasteiger partial charge on any atom is 0.145 e. The summed E-state index contributed by atoms with van der Waals surface area (Å²) < 4.78 is 0. The Morgan fingerprint density at radius 3 is 1.92 bits per heavy atom. The van der Waals surface area contributed by atoms with E-state index in [1.54, 1.807) is 0 Å². The molecule has 0 nitrogen and oxygen atoms in total. The molecule has 0 aliphatic rings. The van der Waals surface area contributed by atoms with Crippen molar-refractivity contribution in [2.45, 2.75) is 77.9 Å². The van der Waals surface area contributed by atoms with Crippen molar-refractivity contribution in [2.75, 3.05) is 0 Å². The zero-order valence-electron chi connectivity index (χ0n) is 16.8. The van der Waals surface area contributed by atoms with Crippen LogP contribution in [0, 0.1) is 17.4 Å². The van der Waals surface area contributed by atoms with Crippen molar-refractivity contribution < 1.29 is 0 Å². The Kier molecular flexibility index (Phi) is 8.57. The molecule has 0 fully saturated rings.